The number of benzene rings is 1. The van der Waals surface area contributed by atoms with Gasteiger partial charge >= 0.3 is 0 Å². The maximum atomic E-state index is 13.2. The summed E-state index contributed by atoms with van der Waals surface area (Å²) in [7, 11) is 1.61. The molecule has 1 atom stereocenters. The molecule has 0 spiro atoms. The van der Waals surface area contributed by atoms with Crippen molar-refractivity contribution in [1.82, 2.24) is 30.0 Å². The first-order valence-electron chi connectivity index (χ1n) is 11.1. The molecule has 1 aliphatic heterocycles. The largest absolute Gasteiger partial charge is 0.497 e. The van der Waals surface area contributed by atoms with Crippen molar-refractivity contribution in [3.63, 3.8) is 0 Å². The Morgan fingerprint density at radius 3 is 2.70 bits per heavy atom. The Morgan fingerprint density at radius 1 is 1.21 bits per heavy atom. The third kappa shape index (κ3) is 4.87. The fourth-order valence-corrected chi connectivity index (χ4v) is 4.03. The van der Waals surface area contributed by atoms with Crippen molar-refractivity contribution >= 4 is 11.8 Å². The van der Waals surface area contributed by atoms with Crippen LogP contribution in [0.4, 0.5) is 0 Å². The highest BCUT2D eigenvalue weighted by molar-refractivity contribution is 5.96. The van der Waals surface area contributed by atoms with Gasteiger partial charge in [0.25, 0.3) is 11.8 Å². The minimum Gasteiger partial charge on any atom is -0.497 e. The Morgan fingerprint density at radius 2 is 2.00 bits per heavy atom. The minimum absolute atomic E-state index is 0.148. The molecule has 9 heteroatoms. The van der Waals surface area contributed by atoms with E-state index in [9.17, 15) is 9.59 Å². The third-order valence-electron chi connectivity index (χ3n) is 5.81. The standard InChI is InChI=1S/C24H28N6O3/c1-4-29-13-11-20(28-29)24(32)30-12-5-6-21(30)22-19(15-25-16(2)27-22)23(31)26-14-17-7-9-18(33-3)10-8-17/h7-11,13,15,21H,4-6,12,14H2,1-3H3,(H,26,31)/t21-/m0/s1. The van der Waals surface area contributed by atoms with E-state index in [0.29, 0.717) is 42.4 Å². The lowest BCUT2D eigenvalue weighted by Gasteiger charge is -2.25. The summed E-state index contributed by atoms with van der Waals surface area (Å²) in [6.45, 7) is 5.41. The summed E-state index contributed by atoms with van der Waals surface area (Å²) in [4.78, 5) is 36.9. The first-order chi connectivity index (χ1) is 16.0. The molecule has 0 bridgehead atoms. The number of hydrogen-bond donors (Lipinski definition) is 1. The van der Waals surface area contributed by atoms with Gasteiger partial charge in [0.1, 0.15) is 17.3 Å². The Balaban J connectivity index is 1.55. The van der Waals surface area contributed by atoms with Crippen molar-refractivity contribution < 1.29 is 14.3 Å². The molecule has 2 aromatic heterocycles. The van der Waals surface area contributed by atoms with E-state index in [1.54, 1.807) is 42.1 Å². The van der Waals surface area contributed by atoms with E-state index >= 15 is 0 Å². The maximum absolute atomic E-state index is 13.2. The second-order valence-corrected chi connectivity index (χ2v) is 7.96. The number of aryl methyl sites for hydroxylation is 2. The van der Waals surface area contributed by atoms with E-state index in [1.807, 2.05) is 31.2 Å². The van der Waals surface area contributed by atoms with Crippen LogP contribution in [0.25, 0.3) is 0 Å². The van der Waals surface area contributed by atoms with Crippen LogP contribution in [-0.4, -0.2) is 50.1 Å². The first kappa shape index (κ1) is 22.4. The molecule has 1 N–H and O–H groups in total. The molecule has 0 radical (unpaired) electrons. The normalized spacial score (nSPS) is 15.5. The summed E-state index contributed by atoms with van der Waals surface area (Å²) in [5.41, 5.74) is 2.32. The Hall–Kier alpha value is -3.75. The van der Waals surface area contributed by atoms with Gasteiger partial charge in [-0.05, 0) is 50.5 Å². The van der Waals surface area contributed by atoms with E-state index in [0.717, 1.165) is 24.2 Å². The molecule has 9 nitrogen and oxygen atoms in total. The molecule has 1 aliphatic rings. The average Bonchev–Trinajstić information content (AvgIpc) is 3.52. The number of amides is 2. The lowest BCUT2D eigenvalue weighted by molar-refractivity contribution is 0.0722. The molecule has 2 amide bonds. The highest BCUT2D eigenvalue weighted by atomic mass is 16.5. The van der Waals surface area contributed by atoms with Gasteiger partial charge in [0.05, 0.1) is 24.4 Å². The highest BCUT2D eigenvalue weighted by Crippen LogP contribution is 2.33. The highest BCUT2D eigenvalue weighted by Gasteiger charge is 2.35. The van der Waals surface area contributed by atoms with Crippen LogP contribution in [0.5, 0.6) is 5.75 Å². The number of ether oxygens (including phenoxy) is 1. The molecule has 3 heterocycles. The number of rotatable bonds is 7. The molecule has 1 saturated heterocycles. The Bertz CT molecular complexity index is 1140. The molecule has 4 rings (SSSR count). The zero-order chi connectivity index (χ0) is 23.4. The van der Waals surface area contributed by atoms with Crippen LogP contribution in [-0.2, 0) is 13.1 Å². The number of carbonyl (C=O) groups is 2. The molecule has 3 aromatic rings. The van der Waals surface area contributed by atoms with Crippen molar-refractivity contribution in [2.75, 3.05) is 13.7 Å². The van der Waals surface area contributed by atoms with Gasteiger partial charge < -0.3 is 15.0 Å². The van der Waals surface area contributed by atoms with Crippen LogP contribution in [0.15, 0.2) is 42.7 Å². The summed E-state index contributed by atoms with van der Waals surface area (Å²) < 4.78 is 6.90. The number of aromatic nitrogens is 4. The lowest BCUT2D eigenvalue weighted by Crippen LogP contribution is -2.33. The minimum atomic E-state index is -0.298. The van der Waals surface area contributed by atoms with Gasteiger partial charge in [-0.1, -0.05) is 12.1 Å². The van der Waals surface area contributed by atoms with Gasteiger partial charge in [0, 0.05) is 32.0 Å². The van der Waals surface area contributed by atoms with Crippen LogP contribution < -0.4 is 10.1 Å². The topological polar surface area (TPSA) is 102 Å². The molecular formula is C24H28N6O3. The summed E-state index contributed by atoms with van der Waals surface area (Å²) in [5, 5.41) is 7.30. The molecular weight excluding hydrogens is 420 g/mol. The zero-order valence-corrected chi connectivity index (χ0v) is 19.1. The third-order valence-corrected chi connectivity index (χ3v) is 5.81. The second kappa shape index (κ2) is 9.81. The fraction of sp³-hybridized carbons (Fsp3) is 0.375. The van der Waals surface area contributed by atoms with E-state index in [2.05, 4.69) is 20.4 Å². The first-order valence-corrected chi connectivity index (χ1v) is 11.1. The van der Waals surface area contributed by atoms with Gasteiger partial charge in [-0.3, -0.25) is 14.3 Å². The van der Waals surface area contributed by atoms with Gasteiger partial charge in [-0.2, -0.15) is 5.10 Å². The summed E-state index contributed by atoms with van der Waals surface area (Å²) in [5.74, 6) is 0.904. The van der Waals surface area contributed by atoms with E-state index in [-0.39, 0.29) is 17.9 Å². The van der Waals surface area contributed by atoms with Crippen LogP contribution >= 0.6 is 0 Å². The maximum Gasteiger partial charge on any atom is 0.274 e. The van der Waals surface area contributed by atoms with Crippen molar-refractivity contribution in [3.8, 4) is 5.75 Å². The smallest absolute Gasteiger partial charge is 0.274 e. The monoisotopic (exact) mass is 448 g/mol. The van der Waals surface area contributed by atoms with E-state index < -0.39 is 0 Å². The van der Waals surface area contributed by atoms with Gasteiger partial charge in [0.15, 0.2) is 0 Å². The van der Waals surface area contributed by atoms with Crippen molar-refractivity contribution in [2.24, 2.45) is 0 Å². The molecule has 0 unspecified atom stereocenters. The molecule has 1 aromatic carbocycles. The van der Waals surface area contributed by atoms with E-state index in [1.165, 1.54) is 0 Å². The number of hydrogen-bond acceptors (Lipinski definition) is 6. The number of nitrogens with zero attached hydrogens (tertiary/aromatic N) is 5. The summed E-state index contributed by atoms with van der Waals surface area (Å²) in [6.07, 6.45) is 4.91. The Labute approximate surface area is 192 Å². The van der Waals surface area contributed by atoms with Crippen molar-refractivity contribution in [1.29, 1.82) is 0 Å². The number of nitrogens with one attached hydrogen (secondary N) is 1. The summed E-state index contributed by atoms with van der Waals surface area (Å²) in [6, 6.07) is 8.94. The molecule has 0 aliphatic carbocycles. The Kier molecular flexibility index (Phi) is 6.67. The zero-order valence-electron chi connectivity index (χ0n) is 19.1. The second-order valence-electron chi connectivity index (χ2n) is 7.96. The predicted molar refractivity (Wildman–Crippen MR) is 122 cm³/mol. The van der Waals surface area contributed by atoms with Gasteiger partial charge in [0.2, 0.25) is 0 Å². The molecule has 1 fully saturated rings. The molecule has 33 heavy (non-hydrogen) atoms. The van der Waals surface area contributed by atoms with Crippen molar-refractivity contribution in [3.05, 3.63) is 71.1 Å². The van der Waals surface area contributed by atoms with Crippen LogP contribution in [0.1, 0.15) is 63.7 Å². The van der Waals surface area contributed by atoms with Crippen molar-refractivity contribution in [2.45, 2.75) is 45.8 Å². The molecule has 0 saturated carbocycles. The fourth-order valence-electron chi connectivity index (χ4n) is 4.03. The number of methoxy groups -OCH3 is 1. The molecule has 172 valence electrons. The van der Waals surface area contributed by atoms with Gasteiger partial charge in [-0.15, -0.1) is 0 Å². The SMILES string of the molecule is CCn1ccc(C(=O)N2CCC[C@H]2c2nc(C)ncc2C(=O)NCc2ccc(OC)cc2)n1. The van der Waals surface area contributed by atoms with Crippen LogP contribution in [0.3, 0.4) is 0 Å². The summed E-state index contributed by atoms with van der Waals surface area (Å²) >= 11 is 0. The quantitative estimate of drug-likeness (QED) is 0.596. The lowest BCUT2D eigenvalue weighted by atomic mass is 10.0. The van der Waals surface area contributed by atoms with Gasteiger partial charge in [-0.25, -0.2) is 9.97 Å². The van der Waals surface area contributed by atoms with Crippen LogP contribution in [0, 0.1) is 6.92 Å². The van der Waals surface area contributed by atoms with Crippen LogP contribution in [0.2, 0.25) is 0 Å². The van der Waals surface area contributed by atoms with E-state index in [4.69, 9.17) is 4.74 Å². The number of likely N-dealkylation sites (tertiary alicyclic amines) is 1. The predicted octanol–water partition coefficient (Wildman–Crippen LogP) is 2.92. The average molecular weight is 449 g/mol. The number of carbonyl (C=O) groups excluding carboxylic acids is 2.